The molecule has 1 fully saturated rings. The first kappa shape index (κ1) is 24.0. The van der Waals surface area contributed by atoms with E-state index in [2.05, 4.69) is 36.1 Å². The first-order valence-corrected chi connectivity index (χ1v) is 11.5. The number of imide groups is 1. The smallest absolute Gasteiger partial charge is 0.417 e. The Labute approximate surface area is 192 Å². The molecule has 1 aliphatic rings. The van der Waals surface area contributed by atoms with Gasteiger partial charge in [0.25, 0.3) is 0 Å². The second-order valence-corrected chi connectivity index (χ2v) is 9.77. The Hall–Kier alpha value is -2.66. The van der Waals surface area contributed by atoms with Crippen LogP contribution in [0.3, 0.4) is 0 Å². The van der Waals surface area contributed by atoms with E-state index >= 15 is 0 Å². The molecule has 0 aliphatic carbocycles. The molecule has 0 saturated carbocycles. The summed E-state index contributed by atoms with van der Waals surface area (Å²) in [6.07, 6.45) is -0.531. The van der Waals surface area contributed by atoms with Gasteiger partial charge in [0.1, 0.15) is 5.60 Å². The minimum Gasteiger partial charge on any atom is -0.441 e. The molecule has 3 rings (SSSR count). The van der Waals surface area contributed by atoms with E-state index in [4.69, 9.17) is 4.74 Å². The Bertz CT molecular complexity index is 911. The van der Waals surface area contributed by atoms with Crippen LogP contribution in [0.1, 0.15) is 58.7 Å². The fraction of sp³-hybridized carbons (Fsp3) is 0.481. The summed E-state index contributed by atoms with van der Waals surface area (Å²) >= 11 is 0. The number of nitrogens with zero attached hydrogens (tertiary/aromatic N) is 2. The monoisotopic (exact) mass is 436 g/mol. The number of benzene rings is 2. The van der Waals surface area contributed by atoms with Crippen molar-refractivity contribution in [3.8, 4) is 0 Å². The molecule has 2 aromatic rings. The minimum atomic E-state index is -0.693. The summed E-state index contributed by atoms with van der Waals surface area (Å²) in [6.45, 7) is 13.2. The molecule has 1 saturated heterocycles. The molecular formula is C27H36N2O3. The van der Waals surface area contributed by atoms with E-state index in [1.54, 1.807) is 0 Å². The number of carbonyl (C=O) groups is 2. The highest BCUT2D eigenvalue weighted by Crippen LogP contribution is 2.35. The summed E-state index contributed by atoms with van der Waals surface area (Å²) in [5.74, 6) is -0.415. The van der Waals surface area contributed by atoms with E-state index in [1.807, 2.05) is 71.0 Å². The maximum absolute atomic E-state index is 13.5. The Kier molecular flexibility index (Phi) is 7.40. The van der Waals surface area contributed by atoms with Gasteiger partial charge in [0.2, 0.25) is 5.91 Å². The SMILES string of the molecule is CC(C)[C@@H]1N(C(=O)[C@H](C)CN(Cc2ccccc2)[C@@H](C)c2ccccc2)C(=O)OC1(C)C. The molecule has 2 amide bonds. The van der Waals surface area contributed by atoms with Crippen molar-refractivity contribution in [3.05, 3.63) is 71.8 Å². The van der Waals surface area contributed by atoms with Crippen LogP contribution in [0.25, 0.3) is 0 Å². The zero-order valence-electron chi connectivity index (χ0n) is 20.1. The molecular weight excluding hydrogens is 400 g/mol. The van der Waals surface area contributed by atoms with E-state index in [-0.39, 0.29) is 29.8 Å². The molecule has 0 spiro atoms. The summed E-state index contributed by atoms with van der Waals surface area (Å²) in [4.78, 5) is 29.8. The molecule has 32 heavy (non-hydrogen) atoms. The highest BCUT2D eigenvalue weighted by molar-refractivity contribution is 5.95. The summed E-state index contributed by atoms with van der Waals surface area (Å²) in [7, 11) is 0. The summed E-state index contributed by atoms with van der Waals surface area (Å²) in [6, 6.07) is 20.4. The van der Waals surface area contributed by atoms with Crippen molar-refractivity contribution >= 4 is 12.0 Å². The van der Waals surface area contributed by atoms with E-state index in [1.165, 1.54) is 16.0 Å². The number of cyclic esters (lactones) is 1. The molecule has 1 heterocycles. The maximum atomic E-state index is 13.5. The van der Waals surface area contributed by atoms with Gasteiger partial charge in [0.15, 0.2) is 0 Å². The molecule has 0 bridgehead atoms. The second kappa shape index (κ2) is 9.86. The number of hydrogen-bond acceptors (Lipinski definition) is 4. The van der Waals surface area contributed by atoms with Crippen LogP contribution in [-0.2, 0) is 16.1 Å². The van der Waals surface area contributed by atoms with Crippen LogP contribution in [0, 0.1) is 11.8 Å². The van der Waals surface area contributed by atoms with Gasteiger partial charge in [-0.3, -0.25) is 9.69 Å². The van der Waals surface area contributed by atoms with Crippen molar-refractivity contribution in [3.63, 3.8) is 0 Å². The van der Waals surface area contributed by atoms with Gasteiger partial charge >= 0.3 is 6.09 Å². The highest BCUT2D eigenvalue weighted by Gasteiger charge is 2.52. The average molecular weight is 437 g/mol. The maximum Gasteiger partial charge on any atom is 0.417 e. The largest absolute Gasteiger partial charge is 0.441 e. The van der Waals surface area contributed by atoms with E-state index < -0.39 is 11.7 Å². The molecule has 172 valence electrons. The Balaban J connectivity index is 1.83. The van der Waals surface area contributed by atoms with Gasteiger partial charge in [-0.05, 0) is 37.8 Å². The Morgan fingerprint density at radius 3 is 2.12 bits per heavy atom. The average Bonchev–Trinajstić information content (AvgIpc) is 3.01. The van der Waals surface area contributed by atoms with E-state index in [9.17, 15) is 9.59 Å². The number of hydrogen-bond donors (Lipinski definition) is 0. The lowest BCUT2D eigenvalue weighted by molar-refractivity contribution is -0.135. The standard InChI is InChI=1S/C27H36N2O3/c1-19(2)24-27(5,6)32-26(31)29(24)25(30)20(3)17-28(18-22-13-9-7-10-14-22)21(4)23-15-11-8-12-16-23/h7-16,19-21,24H,17-18H2,1-6H3/t20-,21+,24+/m1/s1. The molecule has 2 aromatic carbocycles. The summed E-state index contributed by atoms with van der Waals surface area (Å²) in [5.41, 5.74) is 1.70. The molecule has 1 aliphatic heterocycles. The fourth-order valence-electron chi connectivity index (χ4n) is 4.87. The third-order valence-electron chi connectivity index (χ3n) is 6.39. The van der Waals surface area contributed by atoms with Crippen LogP contribution in [0.5, 0.6) is 0 Å². The quantitative estimate of drug-likeness (QED) is 0.535. The van der Waals surface area contributed by atoms with Crippen molar-refractivity contribution < 1.29 is 14.3 Å². The molecule has 0 N–H and O–H groups in total. The topological polar surface area (TPSA) is 49.9 Å². The normalized spacial score (nSPS) is 19.8. The first-order chi connectivity index (χ1) is 15.1. The van der Waals surface area contributed by atoms with Gasteiger partial charge in [-0.1, -0.05) is 81.4 Å². The van der Waals surface area contributed by atoms with Crippen molar-refractivity contribution in [1.29, 1.82) is 0 Å². The van der Waals surface area contributed by atoms with Crippen molar-refractivity contribution in [2.75, 3.05) is 6.54 Å². The first-order valence-electron chi connectivity index (χ1n) is 11.5. The van der Waals surface area contributed by atoms with Crippen LogP contribution in [0.15, 0.2) is 60.7 Å². The Morgan fingerprint density at radius 1 is 1.00 bits per heavy atom. The van der Waals surface area contributed by atoms with E-state index in [0.717, 1.165) is 6.54 Å². The number of ether oxygens (including phenoxy) is 1. The molecule has 5 nitrogen and oxygen atoms in total. The predicted molar refractivity (Wildman–Crippen MR) is 127 cm³/mol. The van der Waals surface area contributed by atoms with E-state index in [0.29, 0.717) is 6.54 Å². The number of carbonyl (C=O) groups excluding carboxylic acids is 2. The molecule has 0 aromatic heterocycles. The fourth-order valence-corrected chi connectivity index (χ4v) is 4.87. The van der Waals surface area contributed by atoms with Crippen LogP contribution < -0.4 is 0 Å². The van der Waals surface area contributed by atoms with Crippen molar-refractivity contribution in [1.82, 2.24) is 9.80 Å². The van der Waals surface area contributed by atoms with Gasteiger partial charge in [-0.25, -0.2) is 9.69 Å². The second-order valence-electron chi connectivity index (χ2n) is 9.77. The minimum absolute atomic E-state index is 0.108. The van der Waals surface area contributed by atoms with Gasteiger partial charge in [-0.15, -0.1) is 0 Å². The van der Waals surface area contributed by atoms with Gasteiger partial charge in [0.05, 0.1) is 6.04 Å². The summed E-state index contributed by atoms with van der Waals surface area (Å²) in [5, 5.41) is 0. The van der Waals surface area contributed by atoms with Crippen LogP contribution in [-0.4, -0.2) is 40.0 Å². The number of amides is 2. The molecule has 0 unspecified atom stereocenters. The van der Waals surface area contributed by atoms with Crippen LogP contribution in [0.4, 0.5) is 4.79 Å². The Morgan fingerprint density at radius 2 is 1.56 bits per heavy atom. The lowest BCUT2D eigenvalue weighted by atomic mass is 9.88. The summed E-state index contributed by atoms with van der Waals surface area (Å²) < 4.78 is 5.58. The zero-order chi connectivity index (χ0) is 23.5. The number of rotatable bonds is 8. The lowest BCUT2D eigenvalue weighted by Crippen LogP contribution is -2.50. The zero-order valence-corrected chi connectivity index (χ0v) is 20.1. The van der Waals surface area contributed by atoms with Crippen molar-refractivity contribution in [2.24, 2.45) is 11.8 Å². The lowest BCUT2D eigenvalue weighted by Gasteiger charge is -2.35. The molecule has 3 atom stereocenters. The van der Waals surface area contributed by atoms with Gasteiger partial charge < -0.3 is 4.74 Å². The predicted octanol–water partition coefficient (Wildman–Crippen LogP) is 5.67. The third kappa shape index (κ3) is 5.21. The molecule has 5 heteroatoms. The highest BCUT2D eigenvalue weighted by atomic mass is 16.6. The molecule has 0 radical (unpaired) electrons. The van der Waals surface area contributed by atoms with Crippen LogP contribution >= 0.6 is 0 Å². The third-order valence-corrected chi connectivity index (χ3v) is 6.39. The van der Waals surface area contributed by atoms with Crippen molar-refractivity contribution in [2.45, 2.75) is 65.8 Å². The van der Waals surface area contributed by atoms with Crippen LogP contribution in [0.2, 0.25) is 0 Å². The van der Waals surface area contributed by atoms with Gasteiger partial charge in [0, 0.05) is 25.0 Å². The van der Waals surface area contributed by atoms with Gasteiger partial charge in [-0.2, -0.15) is 0 Å².